The Balaban J connectivity index is 1.66. The van der Waals surface area contributed by atoms with Gasteiger partial charge in [-0.1, -0.05) is 45.2 Å². The maximum Gasteiger partial charge on any atom is 0.217 e. The molecule has 0 saturated carbocycles. The van der Waals surface area contributed by atoms with E-state index in [2.05, 4.69) is 28.1 Å². The van der Waals surface area contributed by atoms with E-state index in [1.165, 1.54) is 6.07 Å². The number of fused-ring (bicyclic) bond motifs is 3. The summed E-state index contributed by atoms with van der Waals surface area (Å²) in [6.45, 7) is 0. The van der Waals surface area contributed by atoms with Gasteiger partial charge in [0.05, 0.1) is 27.2 Å². The highest BCUT2D eigenvalue weighted by molar-refractivity contribution is 9.10. The third-order valence-electron chi connectivity index (χ3n) is 4.88. The predicted octanol–water partition coefficient (Wildman–Crippen LogP) is 6.77. The second-order valence-electron chi connectivity index (χ2n) is 6.60. The van der Waals surface area contributed by atoms with E-state index in [4.69, 9.17) is 33.0 Å². The van der Waals surface area contributed by atoms with E-state index < -0.39 is 6.23 Å². The first kappa shape index (κ1) is 18.3. The molecule has 2 atom stereocenters. The van der Waals surface area contributed by atoms with Crippen molar-refractivity contribution in [2.24, 2.45) is 5.10 Å². The monoisotopic (exact) mass is 494 g/mol. The zero-order valence-corrected chi connectivity index (χ0v) is 18.2. The van der Waals surface area contributed by atoms with Gasteiger partial charge in [0, 0.05) is 21.5 Å². The SMILES string of the molecule is Oc1c(Cl)cc(Cl)cc1[C@@H]1Oc2ccc(Br)cc2[C@H]2CC(c3cccs3)=NN21. The Morgan fingerprint density at radius 2 is 2.04 bits per heavy atom. The lowest BCUT2D eigenvalue weighted by Gasteiger charge is -2.38. The number of hydrogen-bond donors (Lipinski definition) is 1. The molecule has 0 saturated heterocycles. The zero-order valence-electron chi connectivity index (χ0n) is 14.3. The van der Waals surface area contributed by atoms with Crippen LogP contribution in [0.2, 0.25) is 10.0 Å². The van der Waals surface area contributed by atoms with Crippen molar-refractivity contribution in [3.8, 4) is 11.5 Å². The van der Waals surface area contributed by atoms with E-state index in [0.717, 1.165) is 32.8 Å². The highest BCUT2D eigenvalue weighted by Gasteiger charge is 2.42. The van der Waals surface area contributed by atoms with Gasteiger partial charge in [-0.15, -0.1) is 11.3 Å². The Morgan fingerprint density at radius 3 is 2.82 bits per heavy atom. The smallest absolute Gasteiger partial charge is 0.217 e. The lowest BCUT2D eigenvalue weighted by molar-refractivity contribution is -0.0203. The molecule has 1 aromatic heterocycles. The fourth-order valence-electron chi connectivity index (χ4n) is 3.63. The molecule has 4 nitrogen and oxygen atoms in total. The third-order valence-corrected chi connectivity index (χ3v) is 6.80. The van der Waals surface area contributed by atoms with Crippen LogP contribution in [0.15, 0.2) is 57.4 Å². The van der Waals surface area contributed by atoms with Crippen molar-refractivity contribution in [2.45, 2.75) is 18.7 Å². The van der Waals surface area contributed by atoms with Crippen molar-refractivity contribution in [1.29, 1.82) is 0 Å². The maximum atomic E-state index is 10.6. The Bertz CT molecular complexity index is 1100. The van der Waals surface area contributed by atoms with Crippen LogP contribution in [0.25, 0.3) is 0 Å². The number of halogens is 3. The molecule has 0 spiro atoms. The molecule has 2 aliphatic rings. The van der Waals surface area contributed by atoms with Gasteiger partial charge in [0.15, 0.2) is 0 Å². The summed E-state index contributed by atoms with van der Waals surface area (Å²) in [6.07, 6.45) is 0.117. The van der Waals surface area contributed by atoms with Crippen LogP contribution in [0.1, 0.15) is 34.7 Å². The van der Waals surface area contributed by atoms with Crippen molar-refractivity contribution < 1.29 is 9.84 Å². The van der Waals surface area contributed by atoms with Crippen LogP contribution >= 0.6 is 50.5 Å². The third kappa shape index (κ3) is 2.99. The molecule has 0 radical (unpaired) electrons. The van der Waals surface area contributed by atoms with Gasteiger partial charge in [-0.3, -0.25) is 0 Å². The van der Waals surface area contributed by atoms with Crippen LogP contribution in [0.4, 0.5) is 0 Å². The second kappa shape index (κ2) is 6.95. The van der Waals surface area contributed by atoms with Crippen molar-refractivity contribution in [3.05, 3.63) is 78.4 Å². The second-order valence-corrected chi connectivity index (χ2v) is 9.31. The minimum Gasteiger partial charge on any atom is -0.506 e. The minimum atomic E-state index is -0.632. The van der Waals surface area contributed by atoms with Gasteiger partial charge in [-0.25, -0.2) is 5.01 Å². The predicted molar refractivity (Wildman–Crippen MR) is 116 cm³/mol. The molecule has 3 aromatic rings. The number of phenolic OH excluding ortho intramolecular Hbond substituents is 1. The summed E-state index contributed by atoms with van der Waals surface area (Å²) < 4.78 is 7.25. The van der Waals surface area contributed by atoms with Gasteiger partial charge >= 0.3 is 0 Å². The van der Waals surface area contributed by atoms with Crippen molar-refractivity contribution in [1.82, 2.24) is 5.01 Å². The normalized spacial score (nSPS) is 20.4. The van der Waals surface area contributed by atoms with Crippen molar-refractivity contribution >= 4 is 56.2 Å². The van der Waals surface area contributed by atoms with Crippen LogP contribution in [0.5, 0.6) is 11.5 Å². The lowest BCUT2D eigenvalue weighted by atomic mass is 9.97. The number of ether oxygens (including phenoxy) is 1. The van der Waals surface area contributed by atoms with Crippen LogP contribution < -0.4 is 4.74 Å². The average molecular weight is 496 g/mol. The number of rotatable bonds is 2. The summed E-state index contributed by atoms with van der Waals surface area (Å²) in [5.41, 5.74) is 2.54. The number of hydrogen-bond acceptors (Lipinski definition) is 5. The van der Waals surface area contributed by atoms with Gasteiger partial charge in [0.2, 0.25) is 6.23 Å². The summed E-state index contributed by atoms with van der Waals surface area (Å²) in [4.78, 5) is 1.12. The Morgan fingerprint density at radius 1 is 1.18 bits per heavy atom. The van der Waals surface area contributed by atoms with Gasteiger partial charge in [0.25, 0.3) is 0 Å². The Hall–Kier alpha value is -1.73. The summed E-state index contributed by atoms with van der Waals surface area (Å²) in [7, 11) is 0. The highest BCUT2D eigenvalue weighted by Crippen LogP contribution is 2.50. The molecule has 0 amide bonds. The van der Waals surface area contributed by atoms with Crippen LogP contribution in [0.3, 0.4) is 0 Å². The first-order valence-electron chi connectivity index (χ1n) is 8.55. The van der Waals surface area contributed by atoms with Crippen LogP contribution in [0, 0.1) is 0 Å². The van der Waals surface area contributed by atoms with Gasteiger partial charge in [0.1, 0.15) is 11.5 Å². The number of nitrogens with zero attached hydrogens (tertiary/aromatic N) is 2. The quantitative estimate of drug-likeness (QED) is 0.426. The molecule has 3 heterocycles. The highest BCUT2D eigenvalue weighted by atomic mass is 79.9. The average Bonchev–Trinajstić information content (AvgIpc) is 3.33. The number of benzene rings is 2. The minimum absolute atomic E-state index is 0.0134. The molecule has 5 rings (SSSR count). The number of phenols is 1. The zero-order chi connectivity index (χ0) is 19.4. The Labute approximate surface area is 184 Å². The summed E-state index contributed by atoms with van der Waals surface area (Å²) in [5, 5.41) is 20.0. The molecule has 28 heavy (non-hydrogen) atoms. The molecule has 2 aliphatic heterocycles. The standard InChI is InChI=1S/C20H13BrCl2N2O2S/c21-10-3-4-17-12(6-10)16-9-15(18-2-1-5-28-18)24-25(16)20(27-17)13-7-11(22)8-14(23)19(13)26/h1-8,16,20,26H,9H2/t16-,20+/m1/s1. The molecule has 0 fully saturated rings. The number of thiophene rings is 1. The van der Waals surface area contributed by atoms with Gasteiger partial charge < -0.3 is 9.84 Å². The van der Waals surface area contributed by atoms with E-state index in [-0.39, 0.29) is 16.8 Å². The molecule has 0 unspecified atom stereocenters. The topological polar surface area (TPSA) is 45.1 Å². The van der Waals surface area contributed by atoms with E-state index >= 15 is 0 Å². The van der Waals surface area contributed by atoms with Gasteiger partial charge in [-0.2, -0.15) is 5.10 Å². The van der Waals surface area contributed by atoms with E-state index in [9.17, 15) is 5.11 Å². The molecular weight excluding hydrogens is 483 g/mol. The first-order chi connectivity index (χ1) is 13.5. The molecule has 0 aliphatic carbocycles. The summed E-state index contributed by atoms with van der Waals surface area (Å²) in [6, 6.07) is 13.2. The fraction of sp³-hybridized carbons (Fsp3) is 0.150. The van der Waals surface area contributed by atoms with E-state index in [1.807, 2.05) is 28.6 Å². The first-order valence-corrected chi connectivity index (χ1v) is 11.0. The molecule has 142 valence electrons. The van der Waals surface area contributed by atoms with Crippen molar-refractivity contribution in [3.63, 3.8) is 0 Å². The lowest BCUT2D eigenvalue weighted by Crippen LogP contribution is -2.33. The molecular formula is C20H13BrCl2N2O2S. The molecule has 1 N–H and O–H groups in total. The molecule has 0 bridgehead atoms. The maximum absolute atomic E-state index is 10.6. The van der Waals surface area contributed by atoms with E-state index in [1.54, 1.807) is 17.4 Å². The number of aromatic hydroxyl groups is 1. The fourth-order valence-corrected chi connectivity index (χ4v) is 5.24. The van der Waals surface area contributed by atoms with Crippen LogP contribution in [-0.2, 0) is 0 Å². The molecule has 8 heteroatoms. The summed E-state index contributed by atoms with van der Waals surface area (Å²) >= 11 is 17.6. The van der Waals surface area contributed by atoms with Crippen LogP contribution in [-0.4, -0.2) is 15.8 Å². The Kier molecular flexibility index (Phi) is 4.55. The number of hydrazone groups is 1. The van der Waals surface area contributed by atoms with E-state index in [0.29, 0.717) is 10.6 Å². The summed E-state index contributed by atoms with van der Waals surface area (Å²) in [5.74, 6) is 0.711. The van der Waals surface area contributed by atoms with Crippen molar-refractivity contribution in [2.75, 3.05) is 0 Å². The largest absolute Gasteiger partial charge is 0.506 e. The van der Waals surface area contributed by atoms with Gasteiger partial charge in [-0.05, 0) is 41.8 Å². The molecule has 2 aromatic carbocycles.